The standard InChI is InChI=1S/C10H17N3O/c1-4-10(3,11)9-12-8(14-13-9)7-5-6(7)2/h6-7H,4-5,11H2,1-3H3. The second-order valence-electron chi connectivity index (χ2n) is 4.55. The highest BCUT2D eigenvalue weighted by molar-refractivity contribution is 5.09. The predicted octanol–water partition coefficient (Wildman–Crippen LogP) is 1.78. The molecule has 14 heavy (non-hydrogen) atoms. The third kappa shape index (κ3) is 1.54. The summed E-state index contributed by atoms with van der Waals surface area (Å²) in [6, 6.07) is 0. The van der Waals surface area contributed by atoms with Gasteiger partial charge in [0.2, 0.25) is 5.89 Å². The minimum absolute atomic E-state index is 0.458. The Morgan fingerprint density at radius 1 is 1.64 bits per heavy atom. The molecule has 0 radical (unpaired) electrons. The maximum Gasteiger partial charge on any atom is 0.230 e. The number of rotatable bonds is 3. The largest absolute Gasteiger partial charge is 0.339 e. The maximum atomic E-state index is 6.02. The molecule has 3 atom stereocenters. The molecule has 1 aliphatic carbocycles. The lowest BCUT2D eigenvalue weighted by Crippen LogP contribution is -2.33. The summed E-state index contributed by atoms with van der Waals surface area (Å²) in [6.45, 7) is 6.14. The zero-order chi connectivity index (χ0) is 10.3. The summed E-state index contributed by atoms with van der Waals surface area (Å²) in [5.41, 5.74) is 5.56. The molecule has 0 amide bonds. The van der Waals surface area contributed by atoms with Gasteiger partial charge in [-0.05, 0) is 25.7 Å². The van der Waals surface area contributed by atoms with Gasteiger partial charge in [0.25, 0.3) is 0 Å². The second-order valence-corrected chi connectivity index (χ2v) is 4.55. The summed E-state index contributed by atoms with van der Waals surface area (Å²) >= 11 is 0. The second kappa shape index (κ2) is 3.05. The molecule has 0 bridgehead atoms. The molecule has 4 heteroatoms. The number of nitrogens with zero attached hydrogens (tertiary/aromatic N) is 2. The van der Waals surface area contributed by atoms with E-state index in [0.29, 0.717) is 17.7 Å². The molecular formula is C10H17N3O. The summed E-state index contributed by atoms with van der Waals surface area (Å²) in [4.78, 5) is 4.36. The molecule has 1 saturated carbocycles. The van der Waals surface area contributed by atoms with E-state index in [-0.39, 0.29) is 0 Å². The first-order chi connectivity index (χ1) is 6.54. The van der Waals surface area contributed by atoms with Crippen molar-refractivity contribution in [3.63, 3.8) is 0 Å². The van der Waals surface area contributed by atoms with Crippen LogP contribution in [0.1, 0.15) is 51.2 Å². The monoisotopic (exact) mass is 195 g/mol. The predicted molar refractivity (Wildman–Crippen MR) is 52.7 cm³/mol. The quantitative estimate of drug-likeness (QED) is 0.798. The summed E-state index contributed by atoms with van der Waals surface area (Å²) < 4.78 is 5.21. The smallest absolute Gasteiger partial charge is 0.230 e. The van der Waals surface area contributed by atoms with E-state index in [1.165, 1.54) is 0 Å². The maximum absolute atomic E-state index is 6.02. The van der Waals surface area contributed by atoms with Gasteiger partial charge in [0.15, 0.2) is 5.82 Å². The molecule has 1 aromatic rings. The Kier molecular flexibility index (Phi) is 2.10. The molecule has 2 rings (SSSR count). The SMILES string of the molecule is CCC(C)(N)c1noc(C2CC2C)n1. The van der Waals surface area contributed by atoms with Crippen molar-refractivity contribution in [1.82, 2.24) is 10.1 Å². The lowest BCUT2D eigenvalue weighted by Gasteiger charge is -2.16. The third-order valence-corrected chi connectivity index (χ3v) is 3.11. The van der Waals surface area contributed by atoms with Crippen LogP contribution in [-0.2, 0) is 5.54 Å². The van der Waals surface area contributed by atoms with Gasteiger partial charge in [0, 0.05) is 5.92 Å². The lowest BCUT2D eigenvalue weighted by molar-refractivity contribution is 0.350. The Morgan fingerprint density at radius 3 is 2.79 bits per heavy atom. The topological polar surface area (TPSA) is 64.9 Å². The Labute approximate surface area is 83.9 Å². The van der Waals surface area contributed by atoms with Gasteiger partial charge in [-0.15, -0.1) is 0 Å². The van der Waals surface area contributed by atoms with Gasteiger partial charge in [-0.25, -0.2) is 0 Å². The van der Waals surface area contributed by atoms with Gasteiger partial charge < -0.3 is 10.3 Å². The summed E-state index contributed by atoms with van der Waals surface area (Å²) in [5, 5.41) is 3.94. The summed E-state index contributed by atoms with van der Waals surface area (Å²) in [6.07, 6.45) is 1.97. The van der Waals surface area contributed by atoms with Crippen molar-refractivity contribution in [3.05, 3.63) is 11.7 Å². The van der Waals surface area contributed by atoms with Gasteiger partial charge in [-0.3, -0.25) is 0 Å². The fourth-order valence-electron chi connectivity index (χ4n) is 1.44. The normalized spacial score (nSPS) is 30.0. The molecule has 0 spiro atoms. The van der Waals surface area contributed by atoms with Crippen molar-refractivity contribution in [2.75, 3.05) is 0 Å². The van der Waals surface area contributed by atoms with Crippen molar-refractivity contribution in [2.24, 2.45) is 11.7 Å². The minimum Gasteiger partial charge on any atom is -0.339 e. The van der Waals surface area contributed by atoms with Crippen molar-refractivity contribution in [2.45, 2.75) is 45.1 Å². The molecular weight excluding hydrogens is 178 g/mol. The van der Waals surface area contributed by atoms with Crippen molar-refractivity contribution >= 4 is 0 Å². The average Bonchev–Trinajstić information content (AvgIpc) is 2.70. The molecule has 1 fully saturated rings. The van der Waals surface area contributed by atoms with E-state index in [1.54, 1.807) is 0 Å². The van der Waals surface area contributed by atoms with Crippen LogP contribution in [0.4, 0.5) is 0 Å². The van der Waals surface area contributed by atoms with Crippen LogP contribution in [-0.4, -0.2) is 10.1 Å². The van der Waals surface area contributed by atoms with E-state index in [1.807, 2.05) is 13.8 Å². The molecule has 1 heterocycles. The highest BCUT2D eigenvalue weighted by Crippen LogP contribution is 2.46. The highest BCUT2D eigenvalue weighted by Gasteiger charge is 2.40. The molecule has 78 valence electrons. The van der Waals surface area contributed by atoms with Gasteiger partial charge in [-0.2, -0.15) is 4.98 Å². The van der Waals surface area contributed by atoms with E-state index in [2.05, 4.69) is 17.1 Å². The van der Waals surface area contributed by atoms with Crippen LogP contribution < -0.4 is 5.73 Å². The number of hydrogen-bond donors (Lipinski definition) is 1. The first-order valence-corrected chi connectivity index (χ1v) is 5.17. The van der Waals surface area contributed by atoms with E-state index in [9.17, 15) is 0 Å². The number of nitrogens with two attached hydrogens (primary N) is 1. The molecule has 2 N–H and O–H groups in total. The third-order valence-electron chi connectivity index (χ3n) is 3.11. The Balaban J connectivity index is 2.17. The Hall–Kier alpha value is -0.900. The Bertz CT molecular complexity index is 332. The molecule has 1 aliphatic rings. The molecule has 1 aromatic heterocycles. The van der Waals surface area contributed by atoms with Crippen LogP contribution in [0.25, 0.3) is 0 Å². The van der Waals surface area contributed by atoms with E-state index in [4.69, 9.17) is 10.3 Å². The lowest BCUT2D eigenvalue weighted by atomic mass is 10.0. The van der Waals surface area contributed by atoms with Crippen LogP contribution in [0.5, 0.6) is 0 Å². The fraction of sp³-hybridized carbons (Fsp3) is 0.800. The van der Waals surface area contributed by atoms with Crippen LogP contribution >= 0.6 is 0 Å². The molecule has 3 unspecified atom stereocenters. The highest BCUT2D eigenvalue weighted by atomic mass is 16.5. The zero-order valence-corrected chi connectivity index (χ0v) is 8.95. The number of aromatic nitrogens is 2. The molecule has 0 saturated heterocycles. The summed E-state index contributed by atoms with van der Waals surface area (Å²) in [7, 11) is 0. The minimum atomic E-state index is -0.458. The van der Waals surface area contributed by atoms with Crippen molar-refractivity contribution in [1.29, 1.82) is 0 Å². The Morgan fingerprint density at radius 2 is 2.29 bits per heavy atom. The molecule has 4 nitrogen and oxygen atoms in total. The average molecular weight is 195 g/mol. The van der Waals surface area contributed by atoms with Gasteiger partial charge in [0.1, 0.15) is 0 Å². The first kappa shape index (κ1) is 9.65. The van der Waals surface area contributed by atoms with Crippen LogP contribution in [0.3, 0.4) is 0 Å². The first-order valence-electron chi connectivity index (χ1n) is 5.17. The van der Waals surface area contributed by atoms with E-state index < -0.39 is 5.54 Å². The summed E-state index contributed by atoms with van der Waals surface area (Å²) in [5.74, 6) is 2.56. The van der Waals surface area contributed by atoms with E-state index >= 15 is 0 Å². The molecule has 0 aromatic carbocycles. The van der Waals surface area contributed by atoms with Gasteiger partial charge in [-0.1, -0.05) is 19.0 Å². The van der Waals surface area contributed by atoms with Gasteiger partial charge in [0.05, 0.1) is 5.54 Å². The molecule has 0 aliphatic heterocycles. The number of hydrogen-bond acceptors (Lipinski definition) is 4. The fourth-order valence-corrected chi connectivity index (χ4v) is 1.44. The van der Waals surface area contributed by atoms with Crippen molar-refractivity contribution in [3.8, 4) is 0 Å². The van der Waals surface area contributed by atoms with Crippen LogP contribution in [0.15, 0.2) is 4.52 Å². The zero-order valence-electron chi connectivity index (χ0n) is 8.95. The van der Waals surface area contributed by atoms with E-state index in [0.717, 1.165) is 18.7 Å². The van der Waals surface area contributed by atoms with Crippen LogP contribution in [0.2, 0.25) is 0 Å². The van der Waals surface area contributed by atoms with Gasteiger partial charge >= 0.3 is 0 Å². The van der Waals surface area contributed by atoms with Crippen LogP contribution in [0, 0.1) is 5.92 Å². The van der Waals surface area contributed by atoms with Crippen molar-refractivity contribution < 1.29 is 4.52 Å².